The van der Waals surface area contributed by atoms with Crippen LogP contribution in [0.25, 0.3) is 0 Å². The standard InChI is InChI=1S/C19H23N5O2/c1-13-10-16(22-18(20)21-13)24-9-8-19(14-6-4-3-5-7-14)15(11-24)26-12-17(25)23(19)2/h3-7,10,15H,8-9,11-12H2,1-2H3,(H2,20,21,22)/t15-,19+/m1/s1. The lowest BCUT2D eigenvalue weighted by molar-refractivity contribution is -0.173. The van der Waals surface area contributed by atoms with Crippen LogP contribution in [0.4, 0.5) is 11.8 Å². The molecule has 2 saturated heterocycles. The Bertz CT molecular complexity index is 808. The van der Waals surface area contributed by atoms with E-state index in [4.69, 9.17) is 10.5 Å². The second kappa shape index (κ2) is 6.25. The lowest BCUT2D eigenvalue weighted by atomic mass is 9.76. The summed E-state index contributed by atoms with van der Waals surface area (Å²) in [6, 6.07) is 12.1. The Balaban J connectivity index is 1.71. The maximum absolute atomic E-state index is 12.4. The molecule has 0 bridgehead atoms. The average Bonchev–Trinajstić information content (AvgIpc) is 2.64. The molecule has 26 heavy (non-hydrogen) atoms. The summed E-state index contributed by atoms with van der Waals surface area (Å²) in [6.07, 6.45) is 0.616. The Kier molecular flexibility index (Phi) is 4.03. The number of hydrogen-bond donors (Lipinski definition) is 1. The van der Waals surface area contributed by atoms with Gasteiger partial charge in [-0.3, -0.25) is 4.79 Å². The lowest BCUT2D eigenvalue weighted by Crippen LogP contribution is -2.67. The number of piperidine rings is 1. The van der Waals surface area contributed by atoms with Crippen molar-refractivity contribution < 1.29 is 9.53 Å². The average molecular weight is 353 g/mol. The number of nitrogens with zero attached hydrogens (tertiary/aromatic N) is 4. The van der Waals surface area contributed by atoms with E-state index in [9.17, 15) is 4.79 Å². The molecule has 7 nitrogen and oxygen atoms in total. The SMILES string of the molecule is Cc1cc(N2CC[C@]3(c4ccccc4)[C@@H](C2)OCC(=O)N3C)nc(N)n1. The van der Waals surface area contributed by atoms with Crippen LogP contribution in [0.2, 0.25) is 0 Å². The number of amides is 1. The second-order valence-electron chi connectivity index (χ2n) is 6.96. The smallest absolute Gasteiger partial charge is 0.249 e. The fraction of sp³-hybridized carbons (Fsp3) is 0.421. The molecule has 2 N–H and O–H groups in total. The number of anilines is 2. The molecule has 2 aromatic rings. The summed E-state index contributed by atoms with van der Waals surface area (Å²) in [7, 11) is 1.88. The summed E-state index contributed by atoms with van der Waals surface area (Å²) < 4.78 is 6.03. The van der Waals surface area contributed by atoms with Crippen molar-refractivity contribution in [3.63, 3.8) is 0 Å². The fourth-order valence-electron chi connectivity index (χ4n) is 4.17. The Morgan fingerprint density at radius 1 is 1.27 bits per heavy atom. The number of aromatic nitrogens is 2. The van der Waals surface area contributed by atoms with Crippen LogP contribution in [-0.4, -0.2) is 53.6 Å². The van der Waals surface area contributed by atoms with Crippen molar-refractivity contribution in [3.8, 4) is 0 Å². The molecule has 1 aromatic heterocycles. The summed E-state index contributed by atoms with van der Waals surface area (Å²) in [5.74, 6) is 1.09. The van der Waals surface area contributed by atoms with Crippen LogP contribution in [0.3, 0.4) is 0 Å². The molecule has 1 aromatic carbocycles. The number of rotatable bonds is 2. The van der Waals surface area contributed by atoms with Gasteiger partial charge in [-0.15, -0.1) is 0 Å². The van der Waals surface area contributed by atoms with Crippen LogP contribution in [0.15, 0.2) is 36.4 Å². The van der Waals surface area contributed by atoms with Crippen molar-refractivity contribution in [2.24, 2.45) is 0 Å². The van der Waals surface area contributed by atoms with Gasteiger partial charge in [0.1, 0.15) is 18.5 Å². The van der Waals surface area contributed by atoms with E-state index in [2.05, 4.69) is 27.0 Å². The predicted molar refractivity (Wildman–Crippen MR) is 98.6 cm³/mol. The summed E-state index contributed by atoms with van der Waals surface area (Å²) in [4.78, 5) is 25.0. The molecule has 2 atom stereocenters. The van der Waals surface area contributed by atoms with Crippen molar-refractivity contribution in [3.05, 3.63) is 47.7 Å². The van der Waals surface area contributed by atoms with Gasteiger partial charge in [0.25, 0.3) is 0 Å². The number of nitrogen functional groups attached to an aromatic ring is 1. The number of aryl methyl sites for hydroxylation is 1. The highest BCUT2D eigenvalue weighted by atomic mass is 16.5. The largest absolute Gasteiger partial charge is 0.368 e. The van der Waals surface area contributed by atoms with Gasteiger partial charge in [0, 0.05) is 31.9 Å². The van der Waals surface area contributed by atoms with E-state index in [0.29, 0.717) is 6.54 Å². The predicted octanol–water partition coefficient (Wildman–Crippen LogP) is 1.33. The molecule has 1 amide bonds. The van der Waals surface area contributed by atoms with Gasteiger partial charge in [-0.1, -0.05) is 30.3 Å². The molecule has 2 aliphatic heterocycles. The first-order valence-electron chi connectivity index (χ1n) is 8.80. The van der Waals surface area contributed by atoms with Crippen LogP contribution >= 0.6 is 0 Å². The van der Waals surface area contributed by atoms with E-state index < -0.39 is 5.54 Å². The molecular formula is C19H23N5O2. The first-order chi connectivity index (χ1) is 12.5. The normalized spacial score (nSPS) is 25.9. The molecule has 0 spiro atoms. The van der Waals surface area contributed by atoms with Crippen molar-refractivity contribution in [2.45, 2.75) is 25.0 Å². The molecule has 2 aliphatic rings. The maximum Gasteiger partial charge on any atom is 0.249 e. The van der Waals surface area contributed by atoms with Crippen molar-refractivity contribution in [2.75, 3.05) is 37.4 Å². The van der Waals surface area contributed by atoms with Gasteiger partial charge in [0.05, 0.1) is 5.54 Å². The molecule has 7 heteroatoms. The highest BCUT2D eigenvalue weighted by molar-refractivity contribution is 5.79. The van der Waals surface area contributed by atoms with E-state index in [1.54, 1.807) is 0 Å². The van der Waals surface area contributed by atoms with Gasteiger partial charge in [-0.2, -0.15) is 4.98 Å². The molecule has 3 heterocycles. The zero-order valence-corrected chi connectivity index (χ0v) is 15.1. The van der Waals surface area contributed by atoms with Crippen LogP contribution in [0, 0.1) is 6.92 Å². The quantitative estimate of drug-likeness (QED) is 0.877. The van der Waals surface area contributed by atoms with E-state index in [-0.39, 0.29) is 24.6 Å². The molecule has 136 valence electrons. The highest BCUT2D eigenvalue weighted by Gasteiger charge is 2.52. The number of ether oxygens (including phenoxy) is 1. The zero-order valence-electron chi connectivity index (χ0n) is 15.1. The molecule has 0 radical (unpaired) electrons. The van der Waals surface area contributed by atoms with Crippen molar-refractivity contribution >= 4 is 17.7 Å². The van der Waals surface area contributed by atoms with Gasteiger partial charge < -0.3 is 20.3 Å². The summed E-state index contributed by atoms with van der Waals surface area (Å²) >= 11 is 0. The van der Waals surface area contributed by atoms with E-state index in [1.165, 1.54) is 0 Å². The Morgan fingerprint density at radius 3 is 2.77 bits per heavy atom. The van der Waals surface area contributed by atoms with Crippen molar-refractivity contribution in [1.82, 2.24) is 14.9 Å². The molecular weight excluding hydrogens is 330 g/mol. The number of fused-ring (bicyclic) bond motifs is 1. The van der Waals surface area contributed by atoms with Gasteiger partial charge >= 0.3 is 0 Å². The molecule has 0 saturated carbocycles. The van der Waals surface area contributed by atoms with Crippen LogP contribution in [0.5, 0.6) is 0 Å². The maximum atomic E-state index is 12.4. The Hall–Kier alpha value is -2.67. The third kappa shape index (κ3) is 2.59. The molecule has 2 fully saturated rings. The van der Waals surface area contributed by atoms with Crippen LogP contribution < -0.4 is 10.6 Å². The number of carbonyl (C=O) groups excluding carboxylic acids is 1. The lowest BCUT2D eigenvalue weighted by Gasteiger charge is -2.55. The Labute approximate surface area is 152 Å². The third-order valence-electron chi connectivity index (χ3n) is 5.52. The number of likely N-dealkylation sites (N-methyl/N-ethyl adjacent to an activating group) is 1. The minimum absolute atomic E-state index is 0.0145. The van der Waals surface area contributed by atoms with Gasteiger partial charge in [0.2, 0.25) is 11.9 Å². The number of carbonyl (C=O) groups is 1. The number of benzene rings is 1. The van der Waals surface area contributed by atoms with Gasteiger partial charge in [0.15, 0.2) is 0 Å². The fourth-order valence-corrected chi connectivity index (χ4v) is 4.17. The van der Waals surface area contributed by atoms with E-state index >= 15 is 0 Å². The van der Waals surface area contributed by atoms with Crippen LogP contribution in [0.1, 0.15) is 17.7 Å². The minimum Gasteiger partial charge on any atom is -0.368 e. The summed E-state index contributed by atoms with van der Waals surface area (Å²) in [5.41, 5.74) is 7.31. The first kappa shape index (κ1) is 16.8. The first-order valence-corrected chi connectivity index (χ1v) is 8.80. The Morgan fingerprint density at radius 2 is 2.04 bits per heavy atom. The monoisotopic (exact) mass is 353 g/mol. The highest BCUT2D eigenvalue weighted by Crippen LogP contribution is 2.42. The van der Waals surface area contributed by atoms with Gasteiger partial charge in [-0.05, 0) is 18.9 Å². The topological polar surface area (TPSA) is 84.6 Å². The molecule has 0 unspecified atom stereocenters. The number of nitrogens with two attached hydrogens (primary N) is 1. The molecule has 0 aliphatic carbocycles. The zero-order chi connectivity index (χ0) is 18.3. The van der Waals surface area contributed by atoms with Gasteiger partial charge in [-0.25, -0.2) is 4.98 Å². The summed E-state index contributed by atoms with van der Waals surface area (Å²) in [6.45, 7) is 3.41. The summed E-state index contributed by atoms with van der Waals surface area (Å²) in [5, 5.41) is 0. The number of hydrogen-bond acceptors (Lipinski definition) is 6. The van der Waals surface area contributed by atoms with E-state index in [0.717, 1.165) is 30.0 Å². The third-order valence-corrected chi connectivity index (χ3v) is 5.52. The number of morpholine rings is 1. The second-order valence-corrected chi connectivity index (χ2v) is 6.96. The molecule has 4 rings (SSSR count). The van der Waals surface area contributed by atoms with Crippen molar-refractivity contribution in [1.29, 1.82) is 0 Å². The minimum atomic E-state index is -0.458. The van der Waals surface area contributed by atoms with Crippen LogP contribution in [-0.2, 0) is 15.1 Å². The van der Waals surface area contributed by atoms with E-state index in [1.807, 2.05) is 43.1 Å².